The van der Waals surface area contributed by atoms with E-state index in [0.717, 1.165) is 4.57 Å². The molecule has 0 aliphatic carbocycles. The number of aryl methyl sites for hydroxylation is 1. The molecular formula is C19H19F3N2O3. The molecule has 1 aromatic carbocycles. The summed E-state index contributed by atoms with van der Waals surface area (Å²) in [5.41, 5.74) is 0.280. The summed E-state index contributed by atoms with van der Waals surface area (Å²) in [7, 11) is 1.43. The molecule has 1 amide bonds. The van der Waals surface area contributed by atoms with Crippen molar-refractivity contribution in [1.29, 1.82) is 0 Å². The Balaban J connectivity index is 1.94. The van der Waals surface area contributed by atoms with Gasteiger partial charge in [-0.1, -0.05) is 6.07 Å². The van der Waals surface area contributed by atoms with E-state index >= 15 is 0 Å². The Bertz CT molecular complexity index is 927. The van der Waals surface area contributed by atoms with E-state index < -0.39 is 30.3 Å². The number of nitrogens with zero attached hydrogens (tertiary/aromatic N) is 2. The van der Waals surface area contributed by atoms with E-state index in [1.165, 1.54) is 30.3 Å². The van der Waals surface area contributed by atoms with Gasteiger partial charge in [0.1, 0.15) is 17.3 Å². The predicted molar refractivity (Wildman–Crippen MR) is 94.1 cm³/mol. The smallest absolute Gasteiger partial charge is 0.274 e. The Morgan fingerprint density at radius 1 is 1.26 bits per heavy atom. The first-order valence-electron chi connectivity index (χ1n) is 8.43. The maximum atomic E-state index is 14.4. The van der Waals surface area contributed by atoms with Crippen molar-refractivity contribution in [2.45, 2.75) is 32.2 Å². The molecule has 2 heterocycles. The molecule has 0 spiro atoms. The van der Waals surface area contributed by atoms with Crippen LogP contribution in [0.3, 0.4) is 0 Å². The highest BCUT2D eigenvalue weighted by atomic mass is 19.3. The molecule has 2 aromatic rings. The molecule has 1 saturated heterocycles. The summed E-state index contributed by atoms with van der Waals surface area (Å²) in [5.74, 6) is -0.906. The van der Waals surface area contributed by atoms with Crippen molar-refractivity contribution in [3.8, 4) is 5.75 Å². The minimum absolute atomic E-state index is 0.0336. The van der Waals surface area contributed by atoms with Crippen LogP contribution >= 0.6 is 0 Å². The summed E-state index contributed by atoms with van der Waals surface area (Å²) in [5, 5.41) is 0. The van der Waals surface area contributed by atoms with Gasteiger partial charge in [-0.2, -0.15) is 0 Å². The maximum Gasteiger partial charge on any atom is 0.274 e. The van der Waals surface area contributed by atoms with Crippen LogP contribution in [0.15, 0.2) is 35.3 Å². The number of carbonyl (C=O) groups excluding carboxylic acids is 1. The van der Waals surface area contributed by atoms with Crippen molar-refractivity contribution in [3.63, 3.8) is 0 Å². The molecule has 3 rings (SSSR count). The highest BCUT2D eigenvalue weighted by Crippen LogP contribution is 2.34. The number of hydrogen-bond donors (Lipinski definition) is 0. The summed E-state index contributed by atoms with van der Waals surface area (Å²) in [6.45, 7) is 1.000. The quantitative estimate of drug-likeness (QED) is 0.801. The molecule has 27 heavy (non-hydrogen) atoms. The molecule has 0 bridgehead atoms. The number of pyridine rings is 1. The molecular weight excluding hydrogens is 361 g/mol. The lowest BCUT2D eigenvalue weighted by atomic mass is 9.97. The number of alkyl halides is 2. The van der Waals surface area contributed by atoms with Gasteiger partial charge in [0.15, 0.2) is 0 Å². The van der Waals surface area contributed by atoms with Gasteiger partial charge in [0.05, 0.1) is 13.7 Å². The molecule has 1 aliphatic heterocycles. The highest BCUT2D eigenvalue weighted by Gasteiger charge is 2.35. The fourth-order valence-corrected chi connectivity index (χ4v) is 3.37. The molecule has 1 atom stereocenters. The summed E-state index contributed by atoms with van der Waals surface area (Å²) in [6, 6.07) is 5.93. The second kappa shape index (κ2) is 7.46. The third-order valence-corrected chi connectivity index (χ3v) is 4.72. The molecule has 5 nitrogen and oxygen atoms in total. The Morgan fingerprint density at radius 3 is 2.63 bits per heavy atom. The van der Waals surface area contributed by atoms with Gasteiger partial charge in [-0.05, 0) is 30.2 Å². The summed E-state index contributed by atoms with van der Waals surface area (Å²) >= 11 is 0. The number of anilines is 1. The molecule has 144 valence electrons. The van der Waals surface area contributed by atoms with Crippen molar-refractivity contribution < 1.29 is 22.7 Å². The number of carbonyl (C=O) groups is 1. The number of amides is 1. The van der Waals surface area contributed by atoms with E-state index in [1.807, 2.05) is 0 Å². The van der Waals surface area contributed by atoms with Gasteiger partial charge in [0, 0.05) is 31.1 Å². The molecule has 0 radical (unpaired) electrons. The molecule has 1 unspecified atom stereocenters. The van der Waals surface area contributed by atoms with Gasteiger partial charge in [0.2, 0.25) is 5.91 Å². The molecule has 8 heteroatoms. The van der Waals surface area contributed by atoms with Gasteiger partial charge in [-0.3, -0.25) is 9.59 Å². The van der Waals surface area contributed by atoms with Crippen LogP contribution in [-0.4, -0.2) is 30.6 Å². The van der Waals surface area contributed by atoms with Gasteiger partial charge in [-0.15, -0.1) is 0 Å². The lowest BCUT2D eigenvalue weighted by Gasteiger charge is -2.20. The number of aromatic nitrogens is 1. The van der Waals surface area contributed by atoms with E-state index in [1.54, 1.807) is 19.1 Å². The second-order valence-corrected chi connectivity index (χ2v) is 6.49. The van der Waals surface area contributed by atoms with E-state index in [-0.39, 0.29) is 24.6 Å². The van der Waals surface area contributed by atoms with Crippen LogP contribution in [0.4, 0.5) is 18.9 Å². The van der Waals surface area contributed by atoms with Crippen LogP contribution in [-0.2, 0) is 11.3 Å². The van der Waals surface area contributed by atoms with Crippen molar-refractivity contribution in [2.75, 3.05) is 18.6 Å². The molecule has 0 N–H and O–H groups in total. The van der Waals surface area contributed by atoms with Crippen LogP contribution in [0.2, 0.25) is 0 Å². The van der Waals surface area contributed by atoms with Crippen molar-refractivity contribution in [3.05, 3.63) is 57.8 Å². The van der Waals surface area contributed by atoms with Crippen molar-refractivity contribution in [1.82, 2.24) is 4.57 Å². The third-order valence-electron chi connectivity index (χ3n) is 4.72. The van der Waals surface area contributed by atoms with Gasteiger partial charge in [0.25, 0.3) is 12.0 Å². The van der Waals surface area contributed by atoms with E-state index in [0.29, 0.717) is 16.9 Å². The monoisotopic (exact) mass is 380 g/mol. The average molecular weight is 380 g/mol. The zero-order valence-corrected chi connectivity index (χ0v) is 14.9. The molecule has 0 saturated carbocycles. The first-order valence-corrected chi connectivity index (χ1v) is 8.43. The molecule has 1 fully saturated rings. The number of methoxy groups -OCH3 is 1. The Labute approximate surface area is 154 Å². The highest BCUT2D eigenvalue weighted by molar-refractivity contribution is 5.97. The van der Waals surface area contributed by atoms with Crippen LogP contribution in [0.5, 0.6) is 5.75 Å². The minimum atomic E-state index is -2.69. The Kier molecular flexibility index (Phi) is 5.25. The van der Waals surface area contributed by atoms with Crippen LogP contribution in [0.25, 0.3) is 0 Å². The zero-order chi connectivity index (χ0) is 19.7. The first-order chi connectivity index (χ1) is 12.8. The first kappa shape index (κ1) is 19.0. The predicted octanol–water partition coefficient (Wildman–Crippen LogP) is 3.09. The topological polar surface area (TPSA) is 51.5 Å². The normalized spacial score (nSPS) is 17.0. The van der Waals surface area contributed by atoms with E-state index in [9.17, 15) is 22.8 Å². The second-order valence-electron chi connectivity index (χ2n) is 6.49. The lowest BCUT2D eigenvalue weighted by Crippen LogP contribution is -2.35. The standard InChI is InChI=1S/C19H19F3N2O3/c1-11-5-6-23(10-16(21)22)19(26)18(11)24-9-12(7-17(24)25)14-4-3-13(27-2)8-15(14)20/h3-6,8,12,16H,7,9-10H2,1-2H3. The Hall–Kier alpha value is -2.77. The number of ether oxygens (including phenoxy) is 1. The number of rotatable bonds is 5. The van der Waals surface area contributed by atoms with Crippen LogP contribution < -0.4 is 15.2 Å². The maximum absolute atomic E-state index is 14.4. The minimum Gasteiger partial charge on any atom is -0.497 e. The number of hydrogen-bond acceptors (Lipinski definition) is 3. The number of halogens is 3. The van der Waals surface area contributed by atoms with Gasteiger partial charge >= 0.3 is 0 Å². The van der Waals surface area contributed by atoms with Crippen molar-refractivity contribution in [2.24, 2.45) is 0 Å². The summed E-state index contributed by atoms with van der Waals surface area (Å²) in [6.07, 6.45) is -1.37. The van der Waals surface area contributed by atoms with E-state index in [2.05, 4.69) is 0 Å². The lowest BCUT2D eigenvalue weighted by molar-refractivity contribution is -0.117. The zero-order valence-electron chi connectivity index (χ0n) is 14.9. The van der Waals surface area contributed by atoms with E-state index in [4.69, 9.17) is 4.74 Å². The van der Waals surface area contributed by atoms with Crippen molar-refractivity contribution >= 4 is 11.6 Å². The summed E-state index contributed by atoms with van der Waals surface area (Å²) < 4.78 is 45.6. The van der Waals surface area contributed by atoms with Crippen LogP contribution in [0, 0.1) is 12.7 Å². The fraction of sp³-hybridized carbons (Fsp3) is 0.368. The summed E-state index contributed by atoms with van der Waals surface area (Å²) in [4.78, 5) is 26.4. The molecule has 1 aromatic heterocycles. The average Bonchev–Trinajstić information content (AvgIpc) is 2.98. The fourth-order valence-electron chi connectivity index (χ4n) is 3.37. The largest absolute Gasteiger partial charge is 0.497 e. The Morgan fingerprint density at radius 2 is 2.00 bits per heavy atom. The third kappa shape index (κ3) is 3.70. The van der Waals surface area contributed by atoms with Gasteiger partial charge < -0.3 is 14.2 Å². The number of benzene rings is 1. The van der Waals surface area contributed by atoms with Crippen LogP contribution in [0.1, 0.15) is 23.5 Å². The SMILES string of the molecule is COc1ccc(C2CC(=O)N(c3c(C)ccn(CC(F)F)c3=O)C2)c(F)c1. The van der Waals surface area contributed by atoms with Gasteiger partial charge in [-0.25, -0.2) is 13.2 Å². The molecule has 1 aliphatic rings.